The molecular weight excluding hydrogens is 419 g/mol. The second kappa shape index (κ2) is 15.3. The summed E-state index contributed by atoms with van der Waals surface area (Å²) < 4.78 is 39.5. The number of hydrogen-bond acceptors (Lipinski definition) is 4. The maximum atomic E-state index is 11.3. The van der Waals surface area contributed by atoms with E-state index in [0.717, 1.165) is 34.9 Å². The minimum Gasteiger partial charge on any atom is -0.744 e. The fourth-order valence-electron chi connectivity index (χ4n) is 4.01. The SMILES string of the molecule is CCCCCCCCCCCCCCc1cc(OC)c2ccc(S(=O)(=O)[O-])cc2c1.[Na+]. The monoisotopic (exact) mass is 456 g/mol. The van der Waals surface area contributed by atoms with Gasteiger partial charge >= 0.3 is 29.6 Å². The van der Waals surface area contributed by atoms with Crippen LogP contribution in [0.25, 0.3) is 10.8 Å². The molecule has 2 aromatic rings. The van der Waals surface area contributed by atoms with E-state index in [-0.39, 0.29) is 34.5 Å². The molecule has 0 aromatic heterocycles. The predicted molar refractivity (Wildman–Crippen MR) is 123 cm³/mol. The first-order chi connectivity index (χ1) is 14.5. The molecule has 0 aliphatic heterocycles. The molecule has 0 atom stereocenters. The van der Waals surface area contributed by atoms with Crippen LogP contribution in [0, 0.1) is 0 Å². The van der Waals surface area contributed by atoms with Crippen molar-refractivity contribution in [3.63, 3.8) is 0 Å². The van der Waals surface area contributed by atoms with Crippen LogP contribution in [0.1, 0.15) is 89.5 Å². The fraction of sp³-hybridized carbons (Fsp3) is 0.600. The summed E-state index contributed by atoms with van der Waals surface area (Å²) in [5.41, 5.74) is 1.12. The largest absolute Gasteiger partial charge is 1.00 e. The summed E-state index contributed by atoms with van der Waals surface area (Å²) in [6.07, 6.45) is 16.7. The van der Waals surface area contributed by atoms with E-state index in [2.05, 4.69) is 6.92 Å². The van der Waals surface area contributed by atoms with Gasteiger partial charge < -0.3 is 9.29 Å². The van der Waals surface area contributed by atoms with Crippen LogP contribution in [0.4, 0.5) is 0 Å². The Hall–Kier alpha value is -0.590. The van der Waals surface area contributed by atoms with Crippen molar-refractivity contribution in [2.75, 3.05) is 7.11 Å². The Kier molecular flexibility index (Phi) is 14.0. The minimum atomic E-state index is -4.46. The molecule has 0 amide bonds. The number of methoxy groups -OCH3 is 1. The van der Waals surface area contributed by atoms with E-state index in [9.17, 15) is 13.0 Å². The molecule has 0 aliphatic carbocycles. The zero-order chi connectivity index (χ0) is 21.8. The Labute approximate surface area is 211 Å². The summed E-state index contributed by atoms with van der Waals surface area (Å²) >= 11 is 0. The molecule has 168 valence electrons. The summed E-state index contributed by atoms with van der Waals surface area (Å²) in [6, 6.07) is 8.44. The van der Waals surface area contributed by atoms with E-state index >= 15 is 0 Å². The average Bonchev–Trinajstić information content (AvgIpc) is 2.72. The van der Waals surface area contributed by atoms with Crippen LogP contribution < -0.4 is 34.3 Å². The first-order valence-electron chi connectivity index (χ1n) is 11.5. The second-order valence-electron chi connectivity index (χ2n) is 8.27. The van der Waals surface area contributed by atoms with Crippen molar-refractivity contribution in [2.45, 2.75) is 95.3 Å². The van der Waals surface area contributed by atoms with Crippen LogP contribution >= 0.6 is 0 Å². The zero-order valence-corrected chi connectivity index (χ0v) is 22.4. The maximum absolute atomic E-state index is 11.3. The fourth-order valence-corrected chi connectivity index (χ4v) is 4.52. The van der Waals surface area contributed by atoms with Crippen LogP contribution in [0.2, 0.25) is 0 Å². The van der Waals surface area contributed by atoms with E-state index < -0.39 is 10.1 Å². The first kappa shape index (κ1) is 28.4. The number of benzene rings is 2. The Morgan fingerprint density at radius 1 is 0.806 bits per heavy atom. The number of unbranched alkanes of at least 4 members (excludes halogenated alkanes) is 11. The molecule has 0 bridgehead atoms. The molecule has 0 heterocycles. The van der Waals surface area contributed by atoms with Crippen LogP contribution in [0.5, 0.6) is 5.75 Å². The van der Waals surface area contributed by atoms with Gasteiger partial charge in [0.25, 0.3) is 0 Å². The molecule has 0 saturated carbocycles. The van der Waals surface area contributed by atoms with Gasteiger partial charge in [0, 0.05) is 5.39 Å². The first-order valence-corrected chi connectivity index (χ1v) is 12.9. The van der Waals surface area contributed by atoms with E-state index in [4.69, 9.17) is 4.74 Å². The van der Waals surface area contributed by atoms with Crippen molar-refractivity contribution in [1.29, 1.82) is 0 Å². The van der Waals surface area contributed by atoms with Gasteiger partial charge in [-0.15, -0.1) is 0 Å². The summed E-state index contributed by atoms with van der Waals surface area (Å²) in [5, 5.41) is 1.56. The molecule has 0 spiro atoms. The van der Waals surface area contributed by atoms with Crippen LogP contribution in [0.3, 0.4) is 0 Å². The predicted octanol–water partition coefficient (Wildman–Crippen LogP) is 4.00. The van der Waals surface area contributed by atoms with Gasteiger partial charge in [0.05, 0.1) is 12.0 Å². The topological polar surface area (TPSA) is 66.4 Å². The number of ether oxygens (including phenoxy) is 1. The Balaban J connectivity index is 0.00000480. The van der Waals surface area contributed by atoms with Crippen molar-refractivity contribution in [3.8, 4) is 5.75 Å². The van der Waals surface area contributed by atoms with E-state index in [1.165, 1.54) is 82.8 Å². The van der Waals surface area contributed by atoms with E-state index in [1.54, 1.807) is 13.2 Å². The Morgan fingerprint density at radius 3 is 1.87 bits per heavy atom. The van der Waals surface area contributed by atoms with Crippen LogP contribution in [-0.2, 0) is 16.5 Å². The Bertz CT molecular complexity index is 880. The van der Waals surface area contributed by atoms with Gasteiger partial charge in [-0.25, -0.2) is 8.42 Å². The third-order valence-electron chi connectivity index (χ3n) is 5.77. The van der Waals surface area contributed by atoms with Crippen LogP contribution in [0.15, 0.2) is 35.2 Å². The molecule has 0 aliphatic rings. The van der Waals surface area contributed by atoms with Crippen molar-refractivity contribution in [1.82, 2.24) is 0 Å². The van der Waals surface area contributed by atoms with Crippen molar-refractivity contribution in [3.05, 3.63) is 35.9 Å². The molecule has 31 heavy (non-hydrogen) atoms. The molecule has 0 radical (unpaired) electrons. The van der Waals surface area contributed by atoms with E-state index in [0.29, 0.717) is 0 Å². The average molecular weight is 457 g/mol. The summed E-state index contributed by atoms with van der Waals surface area (Å²) in [5.74, 6) is 0.719. The zero-order valence-electron chi connectivity index (χ0n) is 19.6. The molecule has 6 heteroatoms. The van der Waals surface area contributed by atoms with Gasteiger partial charge in [0.2, 0.25) is 0 Å². The van der Waals surface area contributed by atoms with Gasteiger partial charge in [0.1, 0.15) is 15.9 Å². The molecule has 4 nitrogen and oxygen atoms in total. The smallest absolute Gasteiger partial charge is 0.744 e. The Morgan fingerprint density at radius 2 is 1.35 bits per heavy atom. The molecular formula is C25H37NaO4S. The summed E-state index contributed by atoms with van der Waals surface area (Å²) in [7, 11) is -2.85. The van der Waals surface area contributed by atoms with Gasteiger partial charge in [-0.05, 0) is 48.1 Å². The molecule has 0 fully saturated rings. The quantitative estimate of drug-likeness (QED) is 0.231. The molecule has 2 rings (SSSR count). The second-order valence-corrected chi connectivity index (χ2v) is 9.65. The molecule has 2 aromatic carbocycles. The van der Waals surface area contributed by atoms with Crippen molar-refractivity contribution in [2.24, 2.45) is 0 Å². The number of fused-ring (bicyclic) bond motifs is 1. The van der Waals surface area contributed by atoms with Gasteiger partial charge in [-0.1, -0.05) is 83.6 Å². The third-order valence-corrected chi connectivity index (χ3v) is 6.60. The normalized spacial score (nSPS) is 11.5. The van der Waals surface area contributed by atoms with Gasteiger partial charge in [-0.2, -0.15) is 0 Å². The maximum Gasteiger partial charge on any atom is 1.00 e. The van der Waals surface area contributed by atoms with Crippen molar-refractivity contribution < 1.29 is 47.3 Å². The summed E-state index contributed by atoms with van der Waals surface area (Å²) in [4.78, 5) is -0.195. The third kappa shape index (κ3) is 10.3. The number of aryl methyl sites for hydroxylation is 1. The molecule has 0 unspecified atom stereocenters. The van der Waals surface area contributed by atoms with Gasteiger partial charge in [-0.3, -0.25) is 0 Å². The number of hydrogen-bond donors (Lipinski definition) is 0. The molecule has 0 N–H and O–H groups in total. The molecule has 0 saturated heterocycles. The van der Waals surface area contributed by atoms with Crippen molar-refractivity contribution >= 4 is 20.9 Å². The summed E-state index contributed by atoms with van der Waals surface area (Å²) in [6.45, 7) is 2.26. The standard InChI is InChI=1S/C25H38O4S.Na/c1-3-4-5-6-7-8-9-10-11-12-13-14-15-21-18-22-20-23(30(26,27)28)16-17-24(22)25(19-21)29-2;/h16-20H,3-15H2,1-2H3,(H,26,27,28);/q;+1/p-1. The van der Waals surface area contributed by atoms with Gasteiger partial charge in [0.15, 0.2) is 0 Å². The van der Waals surface area contributed by atoms with E-state index in [1.807, 2.05) is 12.1 Å². The van der Waals surface area contributed by atoms with Crippen LogP contribution in [-0.4, -0.2) is 20.1 Å². The minimum absolute atomic E-state index is 0. The number of rotatable bonds is 15.